The van der Waals surface area contributed by atoms with Gasteiger partial charge in [-0.05, 0) is 24.1 Å². The van der Waals surface area contributed by atoms with Crippen LogP contribution in [0.25, 0.3) is 0 Å². The Balaban J connectivity index is 1.99. The molecule has 1 amide bonds. The number of rotatable bonds is 3. The number of thiazole rings is 1. The van der Waals surface area contributed by atoms with Crippen molar-refractivity contribution >= 4 is 28.8 Å². The van der Waals surface area contributed by atoms with E-state index in [0.29, 0.717) is 17.9 Å². The van der Waals surface area contributed by atoms with Crippen LogP contribution in [0.2, 0.25) is 5.02 Å². The van der Waals surface area contributed by atoms with Gasteiger partial charge in [0.2, 0.25) is 5.91 Å². The zero-order valence-corrected chi connectivity index (χ0v) is 11.5. The predicted octanol–water partition coefficient (Wildman–Crippen LogP) is 2.80. The first-order valence-electron chi connectivity index (χ1n) is 5.57. The van der Waals surface area contributed by atoms with Gasteiger partial charge in [0, 0.05) is 30.1 Å². The minimum atomic E-state index is -0.104. The molecule has 1 aromatic carbocycles. The SMILES string of the molecule is Cn1ccsc1=NC(=O)CCc1cccc(Cl)c1. The van der Waals surface area contributed by atoms with Gasteiger partial charge < -0.3 is 4.57 Å². The van der Waals surface area contributed by atoms with Crippen LogP contribution in [0.3, 0.4) is 0 Å². The Morgan fingerprint density at radius 1 is 1.50 bits per heavy atom. The minimum absolute atomic E-state index is 0.104. The molecule has 2 aromatic rings. The van der Waals surface area contributed by atoms with Crippen LogP contribution in [0, 0.1) is 0 Å². The number of aromatic nitrogens is 1. The molecule has 0 N–H and O–H groups in total. The maximum absolute atomic E-state index is 11.7. The van der Waals surface area contributed by atoms with Gasteiger partial charge in [-0.1, -0.05) is 23.7 Å². The van der Waals surface area contributed by atoms with E-state index in [0.717, 1.165) is 10.4 Å². The second-order valence-corrected chi connectivity index (χ2v) is 5.24. The second kappa shape index (κ2) is 5.98. The van der Waals surface area contributed by atoms with Gasteiger partial charge >= 0.3 is 0 Å². The molecule has 0 aliphatic carbocycles. The summed E-state index contributed by atoms with van der Waals surface area (Å²) in [6.07, 6.45) is 2.95. The second-order valence-electron chi connectivity index (χ2n) is 3.93. The topological polar surface area (TPSA) is 34.4 Å². The van der Waals surface area contributed by atoms with Crippen LogP contribution in [-0.4, -0.2) is 10.5 Å². The summed E-state index contributed by atoms with van der Waals surface area (Å²) in [5.41, 5.74) is 1.06. The first-order valence-corrected chi connectivity index (χ1v) is 6.83. The van der Waals surface area contributed by atoms with Crippen molar-refractivity contribution in [3.63, 3.8) is 0 Å². The van der Waals surface area contributed by atoms with E-state index in [4.69, 9.17) is 11.6 Å². The van der Waals surface area contributed by atoms with Crippen molar-refractivity contribution in [2.75, 3.05) is 0 Å². The Morgan fingerprint density at radius 2 is 2.33 bits per heavy atom. The number of nitrogens with zero attached hydrogens (tertiary/aromatic N) is 2. The molecule has 0 unspecified atom stereocenters. The number of carbonyl (C=O) groups excluding carboxylic acids is 1. The molecule has 2 rings (SSSR count). The van der Waals surface area contributed by atoms with E-state index in [1.807, 2.05) is 47.5 Å². The highest BCUT2D eigenvalue weighted by Crippen LogP contribution is 2.12. The van der Waals surface area contributed by atoms with Gasteiger partial charge in [0.25, 0.3) is 0 Å². The fourth-order valence-electron chi connectivity index (χ4n) is 1.54. The maximum Gasteiger partial charge on any atom is 0.248 e. The summed E-state index contributed by atoms with van der Waals surface area (Å²) in [6, 6.07) is 7.55. The molecule has 0 atom stereocenters. The molecule has 0 saturated heterocycles. The molecule has 0 saturated carbocycles. The van der Waals surface area contributed by atoms with E-state index in [1.54, 1.807) is 0 Å². The smallest absolute Gasteiger partial charge is 0.248 e. The molecule has 0 fully saturated rings. The summed E-state index contributed by atoms with van der Waals surface area (Å²) >= 11 is 7.34. The third-order valence-corrected chi connectivity index (χ3v) is 3.58. The Hall–Kier alpha value is -1.39. The lowest BCUT2D eigenvalue weighted by Gasteiger charge is -1.99. The molecule has 0 aliphatic rings. The lowest BCUT2D eigenvalue weighted by molar-refractivity contribution is -0.118. The summed E-state index contributed by atoms with van der Waals surface area (Å²) in [6.45, 7) is 0. The van der Waals surface area contributed by atoms with Gasteiger partial charge in [-0.2, -0.15) is 4.99 Å². The number of carbonyl (C=O) groups is 1. The third-order valence-electron chi connectivity index (χ3n) is 2.50. The highest BCUT2D eigenvalue weighted by atomic mass is 35.5. The highest BCUT2D eigenvalue weighted by molar-refractivity contribution is 7.07. The summed E-state index contributed by atoms with van der Waals surface area (Å²) in [7, 11) is 1.87. The van der Waals surface area contributed by atoms with Crippen LogP contribution in [0.5, 0.6) is 0 Å². The number of aryl methyl sites for hydroxylation is 2. The van der Waals surface area contributed by atoms with Crippen molar-refractivity contribution in [1.29, 1.82) is 0 Å². The molecule has 94 valence electrons. The highest BCUT2D eigenvalue weighted by Gasteiger charge is 2.02. The van der Waals surface area contributed by atoms with Gasteiger partial charge in [-0.25, -0.2) is 0 Å². The largest absolute Gasteiger partial charge is 0.327 e. The van der Waals surface area contributed by atoms with E-state index < -0.39 is 0 Å². The molecule has 0 spiro atoms. The van der Waals surface area contributed by atoms with Crippen LogP contribution in [0.4, 0.5) is 0 Å². The van der Waals surface area contributed by atoms with Gasteiger partial charge in [-0.15, -0.1) is 11.3 Å². The molecule has 5 heteroatoms. The van der Waals surface area contributed by atoms with Crippen molar-refractivity contribution in [3.8, 4) is 0 Å². The maximum atomic E-state index is 11.7. The van der Waals surface area contributed by atoms with Crippen LogP contribution >= 0.6 is 22.9 Å². The molecular weight excluding hydrogens is 268 g/mol. The molecule has 0 radical (unpaired) electrons. The molecule has 18 heavy (non-hydrogen) atoms. The number of hydrogen-bond donors (Lipinski definition) is 0. The first-order chi connectivity index (χ1) is 8.65. The quantitative estimate of drug-likeness (QED) is 0.851. The van der Waals surface area contributed by atoms with Gasteiger partial charge in [-0.3, -0.25) is 4.79 Å². The fourth-order valence-corrected chi connectivity index (χ4v) is 2.50. The number of amides is 1. The van der Waals surface area contributed by atoms with Crippen LogP contribution in [0.1, 0.15) is 12.0 Å². The molecule has 3 nitrogen and oxygen atoms in total. The zero-order valence-electron chi connectivity index (χ0n) is 9.97. The van der Waals surface area contributed by atoms with Gasteiger partial charge in [0.05, 0.1) is 0 Å². The first kappa shape index (κ1) is 13.1. The van der Waals surface area contributed by atoms with Crippen molar-refractivity contribution in [2.45, 2.75) is 12.8 Å². The molecule has 1 aromatic heterocycles. The molecule has 1 heterocycles. The van der Waals surface area contributed by atoms with Crippen molar-refractivity contribution in [1.82, 2.24) is 4.57 Å². The van der Waals surface area contributed by atoms with E-state index in [1.165, 1.54) is 11.3 Å². The van der Waals surface area contributed by atoms with Crippen LogP contribution in [-0.2, 0) is 18.3 Å². The lowest BCUT2D eigenvalue weighted by atomic mass is 10.1. The number of benzene rings is 1. The molecule has 0 bridgehead atoms. The number of hydrogen-bond acceptors (Lipinski definition) is 2. The summed E-state index contributed by atoms with van der Waals surface area (Å²) in [4.78, 5) is 16.5. The van der Waals surface area contributed by atoms with E-state index in [9.17, 15) is 4.79 Å². The van der Waals surface area contributed by atoms with Crippen molar-refractivity contribution in [2.24, 2.45) is 12.0 Å². The van der Waals surface area contributed by atoms with E-state index in [2.05, 4.69) is 4.99 Å². The molecular formula is C13H13ClN2OS. The Kier molecular flexibility index (Phi) is 4.33. The normalized spacial score (nSPS) is 11.8. The van der Waals surface area contributed by atoms with Gasteiger partial charge in [0.15, 0.2) is 4.80 Å². The zero-order chi connectivity index (χ0) is 13.0. The van der Waals surface area contributed by atoms with Crippen LogP contribution < -0.4 is 4.80 Å². The Bertz CT molecular complexity index is 615. The summed E-state index contributed by atoms with van der Waals surface area (Å²) in [5, 5.41) is 2.60. The number of halogens is 1. The van der Waals surface area contributed by atoms with Crippen LogP contribution in [0.15, 0.2) is 40.8 Å². The third kappa shape index (κ3) is 3.55. The predicted molar refractivity (Wildman–Crippen MR) is 73.6 cm³/mol. The Morgan fingerprint density at radius 3 is 3.00 bits per heavy atom. The van der Waals surface area contributed by atoms with Gasteiger partial charge in [0.1, 0.15) is 0 Å². The Labute approximate surface area is 114 Å². The molecule has 0 aliphatic heterocycles. The van der Waals surface area contributed by atoms with Crippen molar-refractivity contribution in [3.05, 3.63) is 51.2 Å². The minimum Gasteiger partial charge on any atom is -0.327 e. The van der Waals surface area contributed by atoms with E-state index >= 15 is 0 Å². The summed E-state index contributed by atoms with van der Waals surface area (Å²) < 4.78 is 1.84. The average Bonchev–Trinajstić information content (AvgIpc) is 2.73. The standard InChI is InChI=1S/C13H13ClN2OS/c1-16-7-8-18-13(16)15-12(17)6-5-10-3-2-4-11(14)9-10/h2-4,7-9H,5-6H2,1H3. The monoisotopic (exact) mass is 280 g/mol. The summed E-state index contributed by atoms with van der Waals surface area (Å²) in [5.74, 6) is -0.104. The average molecular weight is 281 g/mol. The van der Waals surface area contributed by atoms with Crippen molar-refractivity contribution < 1.29 is 4.79 Å². The fraction of sp³-hybridized carbons (Fsp3) is 0.231. The lowest BCUT2D eigenvalue weighted by Crippen LogP contribution is -2.12. The van der Waals surface area contributed by atoms with E-state index in [-0.39, 0.29) is 5.91 Å².